The summed E-state index contributed by atoms with van der Waals surface area (Å²) in [6.45, 7) is 1.86. The van der Waals surface area contributed by atoms with Crippen LogP contribution in [0.3, 0.4) is 0 Å². The van der Waals surface area contributed by atoms with Crippen LogP contribution in [0.2, 0.25) is 0 Å². The summed E-state index contributed by atoms with van der Waals surface area (Å²) in [7, 11) is 0. The maximum atomic E-state index is 12.0. The Bertz CT molecular complexity index is 521. The Morgan fingerprint density at radius 3 is 2.50 bits per heavy atom. The fourth-order valence-electron chi connectivity index (χ4n) is 1.49. The molecule has 0 amide bonds. The molecule has 1 aromatic carbocycles. The predicted octanol–water partition coefficient (Wildman–Crippen LogP) is 2.33. The Balaban J connectivity index is 2.42. The van der Waals surface area contributed by atoms with E-state index in [1.807, 2.05) is 6.92 Å². The van der Waals surface area contributed by atoms with Crippen LogP contribution in [0.1, 0.15) is 21.5 Å². The van der Waals surface area contributed by atoms with Crippen LogP contribution in [-0.2, 0) is 0 Å². The number of nitrogens with zero attached hydrogens (tertiary/aromatic N) is 1. The molecule has 0 unspecified atom stereocenters. The normalized spacial score (nSPS) is 10.1. The fourth-order valence-corrected chi connectivity index (χ4v) is 1.49. The van der Waals surface area contributed by atoms with Crippen molar-refractivity contribution >= 4 is 5.78 Å². The van der Waals surface area contributed by atoms with Gasteiger partial charge in [0.15, 0.2) is 5.78 Å². The van der Waals surface area contributed by atoms with Gasteiger partial charge >= 0.3 is 0 Å². The molecule has 0 aliphatic heterocycles. The van der Waals surface area contributed by atoms with Gasteiger partial charge in [0.2, 0.25) is 0 Å². The Morgan fingerprint density at radius 1 is 1.19 bits per heavy atom. The Hall–Kier alpha value is -2.16. The molecule has 0 aliphatic rings. The number of carbonyl (C=O) groups excluding carboxylic acids is 1. The van der Waals surface area contributed by atoms with Crippen LogP contribution < -0.4 is 0 Å². The topological polar surface area (TPSA) is 50.2 Å². The van der Waals surface area contributed by atoms with E-state index in [2.05, 4.69) is 4.98 Å². The van der Waals surface area contributed by atoms with Crippen LogP contribution >= 0.6 is 0 Å². The van der Waals surface area contributed by atoms with Crippen molar-refractivity contribution in [1.82, 2.24) is 4.98 Å². The molecule has 0 spiro atoms. The molecule has 0 bridgehead atoms. The van der Waals surface area contributed by atoms with Gasteiger partial charge in [-0.05, 0) is 36.8 Å². The van der Waals surface area contributed by atoms with Crippen molar-refractivity contribution in [3.63, 3.8) is 0 Å². The Labute approximate surface area is 93.4 Å². The first-order chi connectivity index (χ1) is 7.68. The third-order valence-electron chi connectivity index (χ3n) is 2.34. The van der Waals surface area contributed by atoms with Crippen molar-refractivity contribution in [3.05, 3.63) is 59.4 Å². The molecule has 0 atom stereocenters. The van der Waals surface area contributed by atoms with Crippen molar-refractivity contribution in [2.24, 2.45) is 0 Å². The van der Waals surface area contributed by atoms with Crippen molar-refractivity contribution in [2.45, 2.75) is 6.92 Å². The minimum atomic E-state index is -0.195. The third-order valence-corrected chi connectivity index (χ3v) is 2.34. The summed E-state index contributed by atoms with van der Waals surface area (Å²) in [5, 5.41) is 9.69. The number of ketones is 1. The highest BCUT2D eigenvalue weighted by molar-refractivity contribution is 6.10. The van der Waals surface area contributed by atoms with Gasteiger partial charge in [0.25, 0.3) is 0 Å². The molecule has 0 aliphatic carbocycles. The second kappa shape index (κ2) is 4.14. The zero-order valence-corrected chi connectivity index (χ0v) is 8.84. The van der Waals surface area contributed by atoms with E-state index < -0.39 is 0 Å². The summed E-state index contributed by atoms with van der Waals surface area (Å²) in [5.74, 6) is -0.179. The number of aromatic hydroxyl groups is 1. The number of phenols is 1. The van der Waals surface area contributed by atoms with Crippen LogP contribution in [0.15, 0.2) is 42.7 Å². The number of rotatable bonds is 2. The summed E-state index contributed by atoms with van der Waals surface area (Å²) < 4.78 is 0. The Morgan fingerprint density at radius 2 is 1.88 bits per heavy atom. The standard InChI is InChI=1S/C13H11NO2/c1-9-2-3-11(12(15)8-9)13(16)10-4-6-14-7-5-10/h2-8,15H,1H3. The molecule has 80 valence electrons. The van der Waals surface area contributed by atoms with Gasteiger partial charge in [-0.1, -0.05) is 6.07 Å². The minimum absolute atomic E-state index is 0.0156. The van der Waals surface area contributed by atoms with Crippen LogP contribution in [0.25, 0.3) is 0 Å². The predicted molar refractivity (Wildman–Crippen MR) is 60.5 cm³/mol. The summed E-state index contributed by atoms with van der Waals surface area (Å²) in [4.78, 5) is 15.8. The molecule has 0 fully saturated rings. The highest BCUT2D eigenvalue weighted by atomic mass is 16.3. The summed E-state index contributed by atoms with van der Waals surface area (Å²) >= 11 is 0. The van der Waals surface area contributed by atoms with Crippen LogP contribution in [0.4, 0.5) is 0 Å². The third kappa shape index (κ3) is 1.93. The molecular weight excluding hydrogens is 202 g/mol. The van der Waals surface area contributed by atoms with Crippen LogP contribution in [0, 0.1) is 6.92 Å². The molecule has 3 heteroatoms. The summed E-state index contributed by atoms with van der Waals surface area (Å²) in [5.41, 5.74) is 1.76. The maximum absolute atomic E-state index is 12.0. The molecular formula is C13H11NO2. The number of aryl methyl sites for hydroxylation is 1. The summed E-state index contributed by atoms with van der Waals surface area (Å²) in [6.07, 6.45) is 3.11. The van der Waals surface area contributed by atoms with Gasteiger partial charge in [-0.3, -0.25) is 9.78 Å². The maximum Gasteiger partial charge on any atom is 0.196 e. The summed E-state index contributed by atoms with van der Waals surface area (Å²) in [6, 6.07) is 8.26. The smallest absolute Gasteiger partial charge is 0.196 e. The van der Waals surface area contributed by atoms with Gasteiger partial charge in [-0.25, -0.2) is 0 Å². The number of carbonyl (C=O) groups is 1. The highest BCUT2D eigenvalue weighted by Crippen LogP contribution is 2.21. The van der Waals surface area contributed by atoms with Gasteiger partial charge in [0.05, 0.1) is 5.56 Å². The number of pyridine rings is 1. The van der Waals surface area contributed by atoms with Crippen molar-refractivity contribution in [1.29, 1.82) is 0 Å². The molecule has 16 heavy (non-hydrogen) atoms. The quantitative estimate of drug-likeness (QED) is 0.779. The zero-order valence-electron chi connectivity index (χ0n) is 8.84. The van der Waals surface area contributed by atoms with E-state index in [1.165, 1.54) is 0 Å². The van der Waals surface area contributed by atoms with Gasteiger partial charge < -0.3 is 5.11 Å². The first-order valence-corrected chi connectivity index (χ1v) is 4.93. The highest BCUT2D eigenvalue weighted by Gasteiger charge is 2.12. The molecule has 3 nitrogen and oxygen atoms in total. The van der Waals surface area contributed by atoms with Gasteiger partial charge in [0, 0.05) is 18.0 Å². The lowest BCUT2D eigenvalue weighted by Gasteiger charge is -2.04. The number of hydrogen-bond acceptors (Lipinski definition) is 3. The minimum Gasteiger partial charge on any atom is -0.507 e. The van der Waals surface area contributed by atoms with E-state index in [0.717, 1.165) is 5.56 Å². The first-order valence-electron chi connectivity index (χ1n) is 4.93. The van der Waals surface area contributed by atoms with E-state index in [1.54, 1.807) is 42.7 Å². The second-order valence-corrected chi connectivity index (χ2v) is 3.59. The molecule has 1 N–H and O–H groups in total. The molecule has 0 saturated heterocycles. The largest absolute Gasteiger partial charge is 0.507 e. The average Bonchev–Trinajstić information content (AvgIpc) is 2.29. The van der Waals surface area contributed by atoms with Gasteiger partial charge in [0.1, 0.15) is 5.75 Å². The van der Waals surface area contributed by atoms with Crippen LogP contribution in [0.5, 0.6) is 5.75 Å². The molecule has 1 aromatic heterocycles. The van der Waals surface area contributed by atoms with Crippen molar-refractivity contribution in [3.8, 4) is 5.75 Å². The average molecular weight is 213 g/mol. The Kier molecular flexibility index (Phi) is 2.68. The van der Waals surface area contributed by atoms with E-state index in [9.17, 15) is 9.90 Å². The lowest BCUT2D eigenvalue weighted by molar-refractivity contribution is 0.103. The SMILES string of the molecule is Cc1ccc(C(=O)c2ccncc2)c(O)c1. The van der Waals surface area contributed by atoms with E-state index in [-0.39, 0.29) is 11.5 Å². The lowest BCUT2D eigenvalue weighted by Crippen LogP contribution is -2.01. The van der Waals surface area contributed by atoms with Crippen molar-refractivity contribution in [2.75, 3.05) is 0 Å². The number of hydrogen-bond donors (Lipinski definition) is 1. The molecule has 1 heterocycles. The number of phenolic OH excluding ortho intramolecular Hbond substituents is 1. The van der Waals surface area contributed by atoms with E-state index >= 15 is 0 Å². The lowest BCUT2D eigenvalue weighted by atomic mass is 10.0. The monoisotopic (exact) mass is 213 g/mol. The van der Waals surface area contributed by atoms with Crippen molar-refractivity contribution < 1.29 is 9.90 Å². The second-order valence-electron chi connectivity index (χ2n) is 3.59. The van der Waals surface area contributed by atoms with Gasteiger partial charge in [-0.15, -0.1) is 0 Å². The first kappa shape index (κ1) is 10.4. The molecule has 2 aromatic rings. The molecule has 0 radical (unpaired) electrons. The van der Waals surface area contributed by atoms with Gasteiger partial charge in [-0.2, -0.15) is 0 Å². The fraction of sp³-hybridized carbons (Fsp3) is 0.0769. The molecule has 0 saturated carbocycles. The van der Waals surface area contributed by atoms with Crippen LogP contribution in [-0.4, -0.2) is 15.9 Å². The number of benzene rings is 1. The van der Waals surface area contributed by atoms with E-state index in [4.69, 9.17) is 0 Å². The zero-order chi connectivity index (χ0) is 11.5. The van der Waals surface area contributed by atoms with E-state index in [0.29, 0.717) is 11.1 Å². The number of aromatic nitrogens is 1. The molecule has 2 rings (SSSR count).